The summed E-state index contributed by atoms with van der Waals surface area (Å²) in [6.07, 6.45) is 0.187. The van der Waals surface area contributed by atoms with Crippen molar-refractivity contribution >= 4 is 23.2 Å². The number of para-hydroxylation sites is 1. The van der Waals surface area contributed by atoms with Crippen molar-refractivity contribution in [2.75, 3.05) is 31.0 Å². The maximum absolute atomic E-state index is 12.7. The van der Waals surface area contributed by atoms with E-state index < -0.39 is 5.92 Å². The van der Waals surface area contributed by atoms with Crippen LogP contribution in [0.2, 0.25) is 0 Å². The Hall–Kier alpha value is -3.02. The minimum absolute atomic E-state index is 0.0444. The maximum Gasteiger partial charge on any atom is 0.229 e. The first-order valence-electron chi connectivity index (χ1n) is 8.42. The standard InChI is InChI=1S/C20H22N2O4/c1-13-6-4-5-7-17(13)22-12-14(10-19(22)23)20(24)21-16-11-15(25-2)8-9-18(16)26-3/h4-9,11,14H,10,12H2,1-3H3,(H,21,24). The molecule has 2 aromatic rings. The lowest BCUT2D eigenvalue weighted by Gasteiger charge is -2.19. The third-order valence-corrected chi connectivity index (χ3v) is 4.57. The van der Waals surface area contributed by atoms with Gasteiger partial charge in [-0.2, -0.15) is 0 Å². The fraction of sp³-hybridized carbons (Fsp3) is 0.300. The zero-order valence-corrected chi connectivity index (χ0v) is 15.1. The molecule has 0 aliphatic carbocycles. The number of amides is 2. The van der Waals surface area contributed by atoms with Gasteiger partial charge in [0, 0.05) is 24.7 Å². The second-order valence-corrected chi connectivity index (χ2v) is 6.25. The second kappa shape index (κ2) is 7.47. The van der Waals surface area contributed by atoms with Crippen molar-refractivity contribution in [3.63, 3.8) is 0 Å². The van der Waals surface area contributed by atoms with E-state index in [9.17, 15) is 9.59 Å². The first kappa shape index (κ1) is 17.8. The highest BCUT2D eigenvalue weighted by Crippen LogP contribution is 2.32. The van der Waals surface area contributed by atoms with E-state index in [4.69, 9.17) is 9.47 Å². The van der Waals surface area contributed by atoms with Crippen LogP contribution in [0, 0.1) is 12.8 Å². The van der Waals surface area contributed by atoms with Crippen LogP contribution < -0.4 is 19.7 Å². The van der Waals surface area contributed by atoms with Crippen molar-refractivity contribution in [3.05, 3.63) is 48.0 Å². The van der Waals surface area contributed by atoms with E-state index in [0.29, 0.717) is 23.7 Å². The van der Waals surface area contributed by atoms with Crippen LogP contribution in [0.3, 0.4) is 0 Å². The van der Waals surface area contributed by atoms with Gasteiger partial charge in [0.25, 0.3) is 0 Å². The van der Waals surface area contributed by atoms with E-state index in [2.05, 4.69) is 5.32 Å². The Morgan fingerprint density at radius 2 is 1.92 bits per heavy atom. The highest BCUT2D eigenvalue weighted by Gasteiger charge is 2.35. The zero-order valence-electron chi connectivity index (χ0n) is 15.1. The van der Waals surface area contributed by atoms with Gasteiger partial charge in [-0.1, -0.05) is 18.2 Å². The molecule has 0 radical (unpaired) electrons. The van der Waals surface area contributed by atoms with E-state index in [-0.39, 0.29) is 18.2 Å². The molecule has 1 saturated heterocycles. The number of nitrogens with zero attached hydrogens (tertiary/aromatic N) is 1. The molecule has 0 saturated carbocycles. The van der Waals surface area contributed by atoms with E-state index in [0.717, 1.165) is 11.3 Å². The third kappa shape index (κ3) is 3.49. The summed E-state index contributed by atoms with van der Waals surface area (Å²) in [6, 6.07) is 12.9. The average molecular weight is 354 g/mol. The number of hydrogen-bond donors (Lipinski definition) is 1. The molecule has 0 bridgehead atoms. The number of nitrogens with one attached hydrogen (secondary N) is 1. The van der Waals surface area contributed by atoms with Crippen LogP contribution in [0.5, 0.6) is 11.5 Å². The number of methoxy groups -OCH3 is 2. The number of ether oxygens (including phenoxy) is 2. The quantitative estimate of drug-likeness (QED) is 0.896. The number of hydrogen-bond acceptors (Lipinski definition) is 4. The van der Waals surface area contributed by atoms with Crippen LogP contribution in [0.1, 0.15) is 12.0 Å². The summed E-state index contributed by atoms with van der Waals surface area (Å²) in [4.78, 5) is 26.8. The Kier molecular flexibility index (Phi) is 5.11. The molecule has 6 nitrogen and oxygen atoms in total. The van der Waals surface area contributed by atoms with Gasteiger partial charge in [0.05, 0.1) is 25.8 Å². The summed E-state index contributed by atoms with van der Waals surface area (Å²) in [5.74, 6) is 0.487. The molecule has 1 atom stereocenters. The maximum atomic E-state index is 12.7. The van der Waals surface area contributed by atoms with Crippen LogP contribution in [-0.4, -0.2) is 32.6 Å². The Labute approximate surface area is 152 Å². The molecule has 2 amide bonds. The van der Waals surface area contributed by atoms with Gasteiger partial charge in [-0.25, -0.2) is 0 Å². The number of rotatable bonds is 5. The molecule has 26 heavy (non-hydrogen) atoms. The number of aryl methyl sites for hydroxylation is 1. The van der Waals surface area contributed by atoms with Crippen molar-refractivity contribution in [1.29, 1.82) is 0 Å². The topological polar surface area (TPSA) is 67.9 Å². The van der Waals surface area contributed by atoms with Gasteiger partial charge in [-0.15, -0.1) is 0 Å². The SMILES string of the molecule is COc1ccc(OC)c(NC(=O)C2CC(=O)N(c3ccccc3C)C2)c1. The Balaban J connectivity index is 1.76. The van der Waals surface area contributed by atoms with Crippen LogP contribution in [0.4, 0.5) is 11.4 Å². The van der Waals surface area contributed by atoms with Gasteiger partial charge in [0.15, 0.2) is 0 Å². The summed E-state index contributed by atoms with van der Waals surface area (Å²) in [5, 5.41) is 2.86. The smallest absolute Gasteiger partial charge is 0.229 e. The van der Waals surface area contributed by atoms with Crippen LogP contribution in [-0.2, 0) is 9.59 Å². The van der Waals surface area contributed by atoms with Gasteiger partial charge >= 0.3 is 0 Å². The zero-order chi connectivity index (χ0) is 18.7. The largest absolute Gasteiger partial charge is 0.497 e. The molecule has 1 aliphatic rings. The molecule has 1 unspecified atom stereocenters. The predicted molar refractivity (Wildman–Crippen MR) is 99.8 cm³/mol. The van der Waals surface area contributed by atoms with E-state index >= 15 is 0 Å². The second-order valence-electron chi connectivity index (χ2n) is 6.25. The van der Waals surface area contributed by atoms with Crippen molar-refractivity contribution in [1.82, 2.24) is 0 Å². The molecular formula is C20H22N2O4. The molecule has 3 rings (SSSR count). The lowest BCUT2D eigenvalue weighted by Crippen LogP contribution is -2.28. The highest BCUT2D eigenvalue weighted by atomic mass is 16.5. The fourth-order valence-electron chi connectivity index (χ4n) is 3.13. The number of carbonyl (C=O) groups excluding carboxylic acids is 2. The first-order valence-corrected chi connectivity index (χ1v) is 8.42. The predicted octanol–water partition coefficient (Wildman–Crippen LogP) is 3.00. The summed E-state index contributed by atoms with van der Waals surface area (Å²) < 4.78 is 10.5. The number of anilines is 2. The van der Waals surface area contributed by atoms with E-state index in [1.807, 2.05) is 31.2 Å². The molecule has 0 spiro atoms. The molecule has 6 heteroatoms. The molecule has 1 heterocycles. The Morgan fingerprint density at radius 3 is 2.62 bits per heavy atom. The monoisotopic (exact) mass is 354 g/mol. The van der Waals surface area contributed by atoms with Crippen LogP contribution >= 0.6 is 0 Å². The van der Waals surface area contributed by atoms with Gasteiger partial charge < -0.3 is 19.7 Å². The summed E-state index contributed by atoms with van der Waals surface area (Å²) in [6.45, 7) is 2.32. The normalized spacial score (nSPS) is 16.5. The fourth-order valence-corrected chi connectivity index (χ4v) is 3.13. The van der Waals surface area contributed by atoms with E-state index in [1.54, 1.807) is 30.2 Å². The summed E-state index contributed by atoms with van der Waals surface area (Å²) in [5.41, 5.74) is 2.39. The summed E-state index contributed by atoms with van der Waals surface area (Å²) >= 11 is 0. The molecule has 1 fully saturated rings. The molecular weight excluding hydrogens is 332 g/mol. The highest BCUT2D eigenvalue weighted by molar-refractivity contribution is 6.04. The third-order valence-electron chi connectivity index (χ3n) is 4.57. The van der Waals surface area contributed by atoms with E-state index in [1.165, 1.54) is 7.11 Å². The van der Waals surface area contributed by atoms with Gasteiger partial charge in [0.2, 0.25) is 11.8 Å². The number of carbonyl (C=O) groups is 2. The Bertz CT molecular complexity index is 834. The van der Waals surface area contributed by atoms with Crippen molar-refractivity contribution in [2.24, 2.45) is 5.92 Å². The molecule has 136 valence electrons. The molecule has 0 aromatic heterocycles. The minimum Gasteiger partial charge on any atom is -0.497 e. The lowest BCUT2D eigenvalue weighted by molar-refractivity contribution is -0.122. The van der Waals surface area contributed by atoms with Crippen LogP contribution in [0.25, 0.3) is 0 Å². The molecule has 2 aromatic carbocycles. The average Bonchev–Trinajstić information content (AvgIpc) is 3.03. The lowest BCUT2D eigenvalue weighted by atomic mass is 10.1. The van der Waals surface area contributed by atoms with Gasteiger partial charge in [0.1, 0.15) is 11.5 Å². The van der Waals surface area contributed by atoms with Gasteiger partial charge in [-0.05, 0) is 30.7 Å². The first-order chi connectivity index (χ1) is 12.5. The van der Waals surface area contributed by atoms with Crippen molar-refractivity contribution in [2.45, 2.75) is 13.3 Å². The summed E-state index contributed by atoms with van der Waals surface area (Å²) in [7, 11) is 3.10. The van der Waals surface area contributed by atoms with Crippen LogP contribution in [0.15, 0.2) is 42.5 Å². The number of benzene rings is 2. The van der Waals surface area contributed by atoms with Gasteiger partial charge in [-0.3, -0.25) is 9.59 Å². The molecule has 1 aliphatic heterocycles. The Morgan fingerprint density at radius 1 is 1.15 bits per heavy atom. The molecule has 1 N–H and O–H groups in total. The van der Waals surface area contributed by atoms with Crippen molar-refractivity contribution in [3.8, 4) is 11.5 Å². The van der Waals surface area contributed by atoms with Crippen molar-refractivity contribution < 1.29 is 19.1 Å². The minimum atomic E-state index is -0.419.